The molecule has 2 heterocycles. The second-order valence-electron chi connectivity index (χ2n) is 9.78. The number of benzene rings is 2. The van der Waals surface area contributed by atoms with Gasteiger partial charge in [-0.3, -0.25) is 14.9 Å². The minimum Gasteiger partial charge on any atom is -0.453 e. The van der Waals surface area contributed by atoms with E-state index in [4.69, 9.17) is 0 Å². The molecule has 1 unspecified atom stereocenters. The summed E-state index contributed by atoms with van der Waals surface area (Å²) < 4.78 is 6.21. The number of aromatic nitrogens is 2. The quantitative estimate of drug-likeness (QED) is 0.242. The summed E-state index contributed by atoms with van der Waals surface area (Å²) >= 11 is 1.08. The highest BCUT2D eigenvalue weighted by molar-refractivity contribution is 7.14. The first-order valence-corrected chi connectivity index (χ1v) is 13.2. The largest absolute Gasteiger partial charge is 0.453 e. The summed E-state index contributed by atoms with van der Waals surface area (Å²) in [7, 11) is 2.90. The summed E-state index contributed by atoms with van der Waals surface area (Å²) in [4.78, 5) is 44.3. The Balaban J connectivity index is 1.59. The van der Waals surface area contributed by atoms with Gasteiger partial charge in [0, 0.05) is 23.2 Å². The van der Waals surface area contributed by atoms with E-state index in [0.29, 0.717) is 32.0 Å². The lowest BCUT2D eigenvalue weighted by Gasteiger charge is -2.20. The number of ether oxygens (including phenoxy) is 1. The molecule has 0 aliphatic carbocycles. The first-order valence-electron chi connectivity index (χ1n) is 12.4. The lowest BCUT2D eigenvalue weighted by atomic mass is 10.1. The number of imidazole rings is 1. The first kappa shape index (κ1) is 28.7. The fraction of sp³-hybridized carbons (Fsp3) is 0.286. The molecule has 4 aromatic rings. The van der Waals surface area contributed by atoms with Gasteiger partial charge in [0.1, 0.15) is 6.10 Å². The molecule has 0 bridgehead atoms. The van der Waals surface area contributed by atoms with Gasteiger partial charge in [-0.25, -0.2) is 9.78 Å². The van der Waals surface area contributed by atoms with Crippen molar-refractivity contribution in [2.75, 3.05) is 30.9 Å². The number of hydrogen-bond acceptors (Lipinski definition) is 8. The molecule has 0 aliphatic rings. The van der Waals surface area contributed by atoms with Gasteiger partial charge < -0.3 is 29.7 Å². The Bertz CT molecular complexity index is 1530. The Morgan fingerprint density at radius 2 is 1.85 bits per heavy atom. The molecule has 11 nitrogen and oxygen atoms in total. The topological polar surface area (TPSA) is 146 Å². The number of carbonyl (C=O) groups is 3. The van der Waals surface area contributed by atoms with E-state index in [-0.39, 0.29) is 24.9 Å². The van der Waals surface area contributed by atoms with Gasteiger partial charge in [-0.15, -0.1) is 11.3 Å². The van der Waals surface area contributed by atoms with Gasteiger partial charge in [-0.1, -0.05) is 18.2 Å². The third-order valence-electron chi connectivity index (χ3n) is 6.02. The molecular formula is C28H31N5O6S. The molecule has 3 amide bonds. The summed E-state index contributed by atoms with van der Waals surface area (Å²) in [5, 5.41) is 26.1. The molecule has 1 atom stereocenters. The van der Waals surface area contributed by atoms with E-state index in [0.717, 1.165) is 11.3 Å². The predicted octanol–water partition coefficient (Wildman–Crippen LogP) is 3.79. The predicted molar refractivity (Wildman–Crippen MR) is 153 cm³/mol. The van der Waals surface area contributed by atoms with Crippen molar-refractivity contribution in [3.8, 4) is 0 Å². The van der Waals surface area contributed by atoms with Crippen LogP contribution in [-0.4, -0.2) is 64.0 Å². The number of thiophene rings is 1. The van der Waals surface area contributed by atoms with Crippen LogP contribution < -0.4 is 15.5 Å². The van der Waals surface area contributed by atoms with E-state index in [2.05, 4.69) is 20.4 Å². The van der Waals surface area contributed by atoms with Gasteiger partial charge in [0.05, 0.1) is 41.7 Å². The lowest BCUT2D eigenvalue weighted by Crippen LogP contribution is -2.28. The van der Waals surface area contributed by atoms with Gasteiger partial charge in [0.2, 0.25) is 5.95 Å². The smallest absolute Gasteiger partial charge is 0.406 e. The Hall–Kier alpha value is -4.26. The number of alkyl carbamates (subject to hydrolysis) is 1. The Morgan fingerprint density at radius 3 is 2.52 bits per heavy atom. The number of rotatable bonds is 9. The molecule has 4 N–H and O–H groups in total. The molecule has 0 saturated carbocycles. The fourth-order valence-corrected chi connectivity index (χ4v) is 4.92. The van der Waals surface area contributed by atoms with Crippen LogP contribution in [0.15, 0.2) is 60.7 Å². The number of fused-ring (bicyclic) bond motifs is 1. The van der Waals surface area contributed by atoms with Crippen LogP contribution in [0.5, 0.6) is 0 Å². The molecular weight excluding hydrogens is 534 g/mol. The molecule has 0 spiro atoms. The molecule has 0 aliphatic heterocycles. The summed E-state index contributed by atoms with van der Waals surface area (Å²) in [6.45, 7) is 3.38. The Kier molecular flexibility index (Phi) is 8.52. The number of aliphatic hydroxyl groups is 2. The van der Waals surface area contributed by atoms with Crippen molar-refractivity contribution in [3.63, 3.8) is 0 Å². The van der Waals surface area contributed by atoms with Crippen molar-refractivity contribution in [2.45, 2.75) is 32.1 Å². The normalized spacial score (nSPS) is 12.2. The van der Waals surface area contributed by atoms with Gasteiger partial charge in [0.25, 0.3) is 11.8 Å². The second-order valence-corrected chi connectivity index (χ2v) is 10.9. The molecule has 0 fully saturated rings. The van der Waals surface area contributed by atoms with Crippen LogP contribution in [0.2, 0.25) is 0 Å². The molecule has 0 saturated heterocycles. The highest BCUT2D eigenvalue weighted by Crippen LogP contribution is 2.29. The first-order chi connectivity index (χ1) is 19.0. The minimum absolute atomic E-state index is 0.0703. The standard InChI is InChI=1S/C28H31N5O6S/c1-28(2,38)16-33-20-11-10-18(32(3)25(36)17-8-6-5-7-9-17)14-19(20)30-26(33)31-24(35)23-13-12-22(40-23)21(34)15-29-27(37)39-4/h5-14,21,34,38H,15-16H2,1-4H3,(H,29,37)(H,30,31,35). The highest BCUT2D eigenvalue weighted by atomic mass is 32.1. The van der Waals surface area contributed by atoms with Crippen molar-refractivity contribution in [1.29, 1.82) is 0 Å². The summed E-state index contributed by atoms with van der Waals surface area (Å²) in [5.41, 5.74) is 1.24. The van der Waals surface area contributed by atoms with Crippen molar-refractivity contribution < 1.29 is 29.3 Å². The van der Waals surface area contributed by atoms with E-state index < -0.39 is 23.7 Å². The van der Waals surface area contributed by atoms with Crippen LogP contribution in [0.4, 0.5) is 16.4 Å². The van der Waals surface area contributed by atoms with Crippen molar-refractivity contribution in [3.05, 3.63) is 76.0 Å². The van der Waals surface area contributed by atoms with Crippen molar-refractivity contribution in [1.82, 2.24) is 14.9 Å². The Labute approximate surface area is 235 Å². The van der Waals surface area contributed by atoms with Gasteiger partial charge in [0.15, 0.2) is 0 Å². The number of nitrogens with zero attached hydrogens (tertiary/aromatic N) is 3. The van der Waals surface area contributed by atoms with Crippen molar-refractivity contribution in [2.24, 2.45) is 0 Å². The van der Waals surface area contributed by atoms with Crippen molar-refractivity contribution >= 4 is 51.9 Å². The van der Waals surface area contributed by atoms with E-state index in [9.17, 15) is 24.6 Å². The molecule has 12 heteroatoms. The van der Waals surface area contributed by atoms with Crippen LogP contribution in [-0.2, 0) is 11.3 Å². The molecule has 0 radical (unpaired) electrons. The number of aliphatic hydroxyl groups excluding tert-OH is 1. The Morgan fingerprint density at radius 1 is 1.12 bits per heavy atom. The van der Waals surface area contributed by atoms with Crippen LogP contribution in [0.25, 0.3) is 11.0 Å². The van der Waals surface area contributed by atoms with E-state index >= 15 is 0 Å². The van der Waals surface area contributed by atoms with Gasteiger partial charge >= 0.3 is 6.09 Å². The number of hydrogen-bond donors (Lipinski definition) is 4. The van der Waals surface area contributed by atoms with E-state index in [1.54, 1.807) is 80.1 Å². The number of anilines is 2. The maximum atomic E-state index is 13.1. The van der Waals surface area contributed by atoms with Crippen LogP contribution in [0.3, 0.4) is 0 Å². The van der Waals surface area contributed by atoms with E-state index in [1.165, 1.54) is 12.0 Å². The molecule has 2 aromatic heterocycles. The molecule has 2 aromatic carbocycles. The summed E-state index contributed by atoms with van der Waals surface area (Å²) in [6.07, 6.45) is -1.68. The fourth-order valence-electron chi connectivity index (χ4n) is 4.03. The highest BCUT2D eigenvalue weighted by Gasteiger charge is 2.23. The maximum absolute atomic E-state index is 13.1. The average molecular weight is 566 g/mol. The summed E-state index contributed by atoms with van der Waals surface area (Å²) in [5.74, 6) is -0.408. The zero-order chi connectivity index (χ0) is 29.0. The minimum atomic E-state index is -1.11. The van der Waals surface area contributed by atoms with Gasteiger partial charge in [-0.2, -0.15) is 0 Å². The zero-order valence-corrected chi connectivity index (χ0v) is 23.4. The third-order valence-corrected chi connectivity index (χ3v) is 7.20. The van der Waals surface area contributed by atoms with Crippen LogP contribution in [0, 0.1) is 0 Å². The summed E-state index contributed by atoms with van der Waals surface area (Å²) in [6, 6.07) is 17.4. The number of methoxy groups -OCH3 is 1. The number of amides is 3. The van der Waals surface area contributed by atoms with E-state index in [1.807, 2.05) is 6.07 Å². The second kappa shape index (κ2) is 11.9. The number of carbonyl (C=O) groups excluding carboxylic acids is 3. The maximum Gasteiger partial charge on any atom is 0.406 e. The molecule has 210 valence electrons. The van der Waals surface area contributed by atoms with Crippen LogP contribution in [0.1, 0.15) is 44.9 Å². The third kappa shape index (κ3) is 6.65. The lowest BCUT2D eigenvalue weighted by molar-refractivity contribution is 0.0630. The SMILES string of the molecule is COC(=O)NCC(O)c1ccc(C(=O)Nc2nc3cc(N(C)C(=O)c4ccccc4)ccc3n2CC(C)(C)O)s1. The van der Waals surface area contributed by atoms with Gasteiger partial charge in [-0.05, 0) is 56.3 Å². The monoisotopic (exact) mass is 565 g/mol. The molecule has 4 rings (SSSR count). The zero-order valence-electron chi connectivity index (χ0n) is 22.5. The molecule has 40 heavy (non-hydrogen) atoms. The average Bonchev–Trinajstić information content (AvgIpc) is 3.55. The number of nitrogens with one attached hydrogen (secondary N) is 2. The van der Waals surface area contributed by atoms with Crippen LogP contribution >= 0.6 is 11.3 Å².